The van der Waals surface area contributed by atoms with Gasteiger partial charge in [-0.1, -0.05) is 15.9 Å². The predicted molar refractivity (Wildman–Crippen MR) is 56.6 cm³/mol. The molecular weight excluding hydrogens is 267 g/mol. The lowest BCUT2D eigenvalue weighted by atomic mass is 10.2. The first-order valence-electron chi connectivity index (χ1n) is 4.30. The van der Waals surface area contributed by atoms with E-state index in [4.69, 9.17) is 4.74 Å². The summed E-state index contributed by atoms with van der Waals surface area (Å²) in [6.07, 6.45) is 0. The van der Waals surface area contributed by atoms with E-state index in [1.807, 2.05) is 0 Å². The number of benzene rings is 1. The molecule has 0 saturated heterocycles. The van der Waals surface area contributed by atoms with E-state index in [1.54, 1.807) is 6.92 Å². The van der Waals surface area contributed by atoms with Gasteiger partial charge in [0.25, 0.3) is 0 Å². The Labute approximate surface area is 95.3 Å². The minimum atomic E-state index is -0.747. The van der Waals surface area contributed by atoms with Crippen molar-refractivity contribution in [2.24, 2.45) is 0 Å². The fraction of sp³-hybridized carbons (Fsp3) is 0.300. The van der Waals surface area contributed by atoms with E-state index in [0.717, 1.165) is 0 Å². The Morgan fingerprint density at radius 2 is 2.20 bits per heavy atom. The fourth-order valence-corrected chi connectivity index (χ4v) is 1.53. The monoisotopic (exact) mass is 276 g/mol. The normalized spacial score (nSPS) is 9.87. The van der Waals surface area contributed by atoms with Crippen LogP contribution < -0.4 is 4.74 Å². The Kier molecular flexibility index (Phi) is 4.08. The quantitative estimate of drug-likeness (QED) is 0.797. The fourth-order valence-electron chi connectivity index (χ4n) is 1.12. The summed E-state index contributed by atoms with van der Waals surface area (Å²) >= 11 is 3.12. The van der Waals surface area contributed by atoms with Gasteiger partial charge in [-0.2, -0.15) is 0 Å². The van der Waals surface area contributed by atoms with Crippen LogP contribution in [0.5, 0.6) is 5.75 Å². The van der Waals surface area contributed by atoms with Crippen LogP contribution in [0.25, 0.3) is 0 Å². The number of hydrogen-bond acceptors (Lipinski definition) is 3. The van der Waals surface area contributed by atoms with Crippen LogP contribution in [-0.2, 0) is 4.74 Å². The van der Waals surface area contributed by atoms with Crippen molar-refractivity contribution in [2.45, 2.75) is 6.92 Å². The second-order valence-corrected chi connectivity index (χ2v) is 3.60. The van der Waals surface area contributed by atoms with Crippen LogP contribution in [0.1, 0.15) is 17.3 Å². The maximum atomic E-state index is 13.5. The average Bonchev–Trinajstić information content (AvgIpc) is 2.16. The molecule has 0 amide bonds. The number of carbonyl (C=O) groups excluding carboxylic acids is 1. The smallest absolute Gasteiger partial charge is 0.344 e. The summed E-state index contributed by atoms with van der Waals surface area (Å²) in [6, 6.07) is 2.72. The summed E-state index contributed by atoms with van der Waals surface area (Å²) in [5.41, 5.74) is -0.178. The van der Waals surface area contributed by atoms with E-state index in [1.165, 1.54) is 19.2 Å². The minimum Gasteiger partial charge on any atom is -0.493 e. The third-order valence-corrected chi connectivity index (χ3v) is 2.17. The van der Waals surface area contributed by atoms with E-state index in [-0.39, 0.29) is 11.3 Å². The summed E-state index contributed by atoms with van der Waals surface area (Å²) in [7, 11) is 1.19. The highest BCUT2D eigenvalue weighted by Crippen LogP contribution is 2.27. The van der Waals surface area contributed by atoms with Crippen LogP contribution in [0.15, 0.2) is 16.6 Å². The number of esters is 1. The molecule has 82 valence electrons. The molecule has 0 aliphatic heterocycles. The largest absolute Gasteiger partial charge is 0.493 e. The number of methoxy groups -OCH3 is 1. The van der Waals surface area contributed by atoms with Crippen LogP contribution >= 0.6 is 15.9 Å². The van der Waals surface area contributed by atoms with E-state index in [0.29, 0.717) is 11.1 Å². The molecule has 0 aliphatic rings. The van der Waals surface area contributed by atoms with Crippen molar-refractivity contribution in [3.63, 3.8) is 0 Å². The lowest BCUT2D eigenvalue weighted by Crippen LogP contribution is -2.08. The van der Waals surface area contributed by atoms with E-state index >= 15 is 0 Å². The first kappa shape index (κ1) is 12.0. The van der Waals surface area contributed by atoms with Crippen molar-refractivity contribution in [2.75, 3.05) is 13.7 Å². The molecular formula is C10H10BrFO3. The Morgan fingerprint density at radius 1 is 1.53 bits per heavy atom. The van der Waals surface area contributed by atoms with Gasteiger partial charge in [0, 0.05) is 4.47 Å². The lowest BCUT2D eigenvalue weighted by Gasteiger charge is -2.09. The molecule has 0 fully saturated rings. The summed E-state index contributed by atoms with van der Waals surface area (Å²) in [4.78, 5) is 11.3. The SMILES string of the molecule is CCOc1cc(Br)cc(F)c1C(=O)OC. The summed E-state index contributed by atoms with van der Waals surface area (Å²) in [5, 5.41) is 0. The van der Waals surface area contributed by atoms with Gasteiger partial charge in [-0.05, 0) is 19.1 Å². The zero-order chi connectivity index (χ0) is 11.4. The van der Waals surface area contributed by atoms with Gasteiger partial charge < -0.3 is 9.47 Å². The maximum Gasteiger partial charge on any atom is 0.344 e. The van der Waals surface area contributed by atoms with Crippen molar-refractivity contribution < 1.29 is 18.7 Å². The summed E-state index contributed by atoms with van der Waals surface area (Å²) in [6.45, 7) is 2.10. The molecule has 3 nitrogen and oxygen atoms in total. The van der Waals surface area contributed by atoms with E-state index in [2.05, 4.69) is 20.7 Å². The first-order valence-corrected chi connectivity index (χ1v) is 5.09. The van der Waals surface area contributed by atoms with E-state index in [9.17, 15) is 9.18 Å². The molecule has 0 heterocycles. The number of carbonyl (C=O) groups is 1. The number of ether oxygens (including phenoxy) is 2. The topological polar surface area (TPSA) is 35.5 Å². The Hall–Kier alpha value is -1.10. The van der Waals surface area contributed by atoms with E-state index < -0.39 is 11.8 Å². The molecule has 0 saturated carbocycles. The Bertz CT molecular complexity index is 379. The molecule has 0 atom stereocenters. The molecule has 1 aromatic rings. The van der Waals surface area contributed by atoms with Gasteiger partial charge in [0.1, 0.15) is 17.1 Å². The predicted octanol–water partition coefficient (Wildman–Crippen LogP) is 2.77. The third kappa shape index (κ3) is 2.68. The van der Waals surface area contributed by atoms with Gasteiger partial charge in [0.05, 0.1) is 13.7 Å². The zero-order valence-corrected chi connectivity index (χ0v) is 9.93. The van der Waals surface area contributed by atoms with Crippen LogP contribution in [-0.4, -0.2) is 19.7 Å². The van der Waals surface area contributed by atoms with Gasteiger partial charge >= 0.3 is 5.97 Å². The van der Waals surface area contributed by atoms with Crippen LogP contribution in [0.2, 0.25) is 0 Å². The highest BCUT2D eigenvalue weighted by Gasteiger charge is 2.19. The van der Waals surface area contributed by atoms with Crippen LogP contribution in [0.3, 0.4) is 0 Å². The van der Waals surface area contributed by atoms with Crippen molar-refractivity contribution in [1.82, 2.24) is 0 Å². The number of halogens is 2. The molecule has 0 N–H and O–H groups in total. The first-order chi connectivity index (χ1) is 7.10. The van der Waals surface area contributed by atoms with Crippen molar-refractivity contribution in [3.8, 4) is 5.75 Å². The van der Waals surface area contributed by atoms with Crippen LogP contribution in [0, 0.1) is 5.82 Å². The highest BCUT2D eigenvalue weighted by atomic mass is 79.9. The molecule has 15 heavy (non-hydrogen) atoms. The molecule has 0 bridgehead atoms. The average molecular weight is 277 g/mol. The Balaban J connectivity index is 3.26. The standard InChI is InChI=1S/C10H10BrFO3/c1-3-15-8-5-6(11)4-7(12)9(8)10(13)14-2/h4-5H,3H2,1-2H3. The van der Waals surface area contributed by atoms with Crippen molar-refractivity contribution in [1.29, 1.82) is 0 Å². The summed E-state index contributed by atoms with van der Waals surface area (Å²) < 4.78 is 23.6. The van der Waals surface area contributed by atoms with Crippen molar-refractivity contribution in [3.05, 3.63) is 28.0 Å². The lowest BCUT2D eigenvalue weighted by molar-refractivity contribution is 0.0590. The zero-order valence-electron chi connectivity index (χ0n) is 8.34. The van der Waals surface area contributed by atoms with Gasteiger partial charge in [-0.3, -0.25) is 0 Å². The minimum absolute atomic E-state index is 0.177. The summed E-state index contributed by atoms with van der Waals surface area (Å²) in [5.74, 6) is -1.24. The van der Waals surface area contributed by atoms with Gasteiger partial charge in [-0.25, -0.2) is 9.18 Å². The second-order valence-electron chi connectivity index (χ2n) is 2.69. The van der Waals surface area contributed by atoms with Gasteiger partial charge in [-0.15, -0.1) is 0 Å². The molecule has 0 radical (unpaired) electrons. The Morgan fingerprint density at radius 3 is 2.73 bits per heavy atom. The number of rotatable bonds is 3. The third-order valence-electron chi connectivity index (χ3n) is 1.71. The molecule has 1 aromatic carbocycles. The molecule has 5 heteroatoms. The van der Waals surface area contributed by atoms with Crippen LogP contribution in [0.4, 0.5) is 4.39 Å². The maximum absolute atomic E-state index is 13.5. The molecule has 0 aliphatic carbocycles. The second kappa shape index (κ2) is 5.11. The van der Waals surface area contributed by atoms with Crippen molar-refractivity contribution >= 4 is 21.9 Å². The number of hydrogen-bond donors (Lipinski definition) is 0. The van der Waals surface area contributed by atoms with Gasteiger partial charge in [0.2, 0.25) is 0 Å². The molecule has 0 unspecified atom stereocenters. The van der Waals surface area contributed by atoms with Gasteiger partial charge in [0.15, 0.2) is 0 Å². The molecule has 0 spiro atoms. The molecule has 1 rings (SSSR count). The highest BCUT2D eigenvalue weighted by molar-refractivity contribution is 9.10. The molecule has 0 aromatic heterocycles.